The Hall–Kier alpha value is -3.32. The van der Waals surface area contributed by atoms with Gasteiger partial charge in [-0.3, -0.25) is 19.7 Å². The monoisotopic (exact) mass is 422 g/mol. The zero-order valence-corrected chi connectivity index (χ0v) is 18.0. The average Bonchev–Trinajstić information content (AvgIpc) is 2.68. The molecule has 0 radical (unpaired) electrons. The molecule has 0 aromatic heterocycles. The molecule has 3 rings (SSSR count). The molecule has 2 N–H and O–H groups in total. The fourth-order valence-electron chi connectivity index (χ4n) is 4.49. The van der Waals surface area contributed by atoms with Gasteiger partial charge in [0, 0.05) is 41.4 Å². The molecule has 0 saturated heterocycles. The molecule has 0 amide bonds. The van der Waals surface area contributed by atoms with E-state index >= 15 is 0 Å². The number of nitro groups is 1. The van der Waals surface area contributed by atoms with Gasteiger partial charge in [0.2, 0.25) is 0 Å². The highest BCUT2D eigenvalue weighted by molar-refractivity contribution is 5.98. The maximum atomic E-state index is 12.8. The second-order valence-corrected chi connectivity index (χ2v) is 8.39. The van der Waals surface area contributed by atoms with Gasteiger partial charge in [0.15, 0.2) is 5.78 Å². The molecular formula is C24H26N2O5. The summed E-state index contributed by atoms with van der Waals surface area (Å²) in [6.45, 7) is 6.32. The summed E-state index contributed by atoms with van der Waals surface area (Å²) in [4.78, 5) is 36.3. The lowest BCUT2D eigenvalue weighted by molar-refractivity contribution is -0.384. The Labute approximate surface area is 180 Å². The number of nitrogens with one attached hydrogen (secondary N) is 1. The van der Waals surface area contributed by atoms with Crippen molar-refractivity contribution in [3.8, 4) is 0 Å². The van der Waals surface area contributed by atoms with Crippen molar-refractivity contribution in [3.63, 3.8) is 0 Å². The number of allylic oxidation sites excluding steroid dienone is 1. The first-order valence-electron chi connectivity index (χ1n) is 10.1. The second-order valence-electron chi connectivity index (χ2n) is 8.39. The van der Waals surface area contributed by atoms with Crippen LogP contribution in [0.4, 0.5) is 11.4 Å². The molecule has 0 heterocycles. The average molecular weight is 422 g/mol. The fraction of sp³-hybridized carbons (Fsp3) is 0.333. The number of benzene rings is 2. The molecular weight excluding hydrogens is 396 g/mol. The van der Waals surface area contributed by atoms with Crippen LogP contribution in [0.25, 0.3) is 0 Å². The van der Waals surface area contributed by atoms with Gasteiger partial charge in [0.25, 0.3) is 5.69 Å². The molecule has 0 spiro atoms. The van der Waals surface area contributed by atoms with E-state index < -0.39 is 22.4 Å². The van der Waals surface area contributed by atoms with E-state index in [1.165, 1.54) is 32.0 Å². The molecule has 7 heteroatoms. The topological polar surface area (TPSA) is 110 Å². The van der Waals surface area contributed by atoms with Gasteiger partial charge in [0.1, 0.15) is 5.78 Å². The number of aliphatic hydroxyl groups is 1. The van der Waals surface area contributed by atoms with Gasteiger partial charge in [-0.15, -0.1) is 0 Å². The molecule has 0 saturated carbocycles. The number of anilines is 1. The summed E-state index contributed by atoms with van der Waals surface area (Å²) in [5.74, 6) is -2.27. The number of hydrogen-bond donors (Lipinski definition) is 2. The van der Waals surface area contributed by atoms with Crippen LogP contribution in [0.15, 0.2) is 59.8 Å². The van der Waals surface area contributed by atoms with E-state index in [0.717, 1.165) is 11.3 Å². The van der Waals surface area contributed by atoms with Crippen molar-refractivity contribution in [1.82, 2.24) is 0 Å². The Kier molecular flexibility index (Phi) is 6.08. The largest absolute Gasteiger partial charge is 0.389 e. The van der Waals surface area contributed by atoms with E-state index in [1.807, 2.05) is 31.2 Å². The summed E-state index contributed by atoms with van der Waals surface area (Å²) >= 11 is 0. The summed E-state index contributed by atoms with van der Waals surface area (Å²) in [5, 5.41) is 25.8. The van der Waals surface area contributed by atoms with Crippen LogP contribution in [0, 0.1) is 23.0 Å². The minimum Gasteiger partial charge on any atom is -0.389 e. The Morgan fingerprint density at radius 2 is 1.81 bits per heavy atom. The number of Topliss-reactive ketones (excluding diaryl/α,β-unsaturated/α-hetero) is 2. The smallest absolute Gasteiger partial charge is 0.269 e. The number of carbonyl (C=O) groups excluding carboxylic acids is 2. The third kappa shape index (κ3) is 4.56. The minimum atomic E-state index is -1.45. The predicted octanol–water partition coefficient (Wildman–Crippen LogP) is 4.30. The standard InChI is InChI=1S/C24H26N2O5/c1-14-8-10-18(11-9-14)25-20-13-24(4,29)23(16(3)28)22(21(20)15(2)27)17-6-5-7-19(12-17)26(30)31/h5-12,22-23,25,29H,13H2,1-4H3/t22-,23-,24+/m1/s1. The highest BCUT2D eigenvalue weighted by atomic mass is 16.6. The minimum absolute atomic E-state index is 0.0749. The van der Waals surface area contributed by atoms with E-state index in [1.54, 1.807) is 13.0 Å². The number of ketones is 2. The molecule has 2 aromatic carbocycles. The Morgan fingerprint density at radius 3 is 2.35 bits per heavy atom. The number of rotatable bonds is 6. The van der Waals surface area contributed by atoms with Crippen LogP contribution in [0.3, 0.4) is 0 Å². The van der Waals surface area contributed by atoms with E-state index in [-0.39, 0.29) is 23.7 Å². The first-order valence-corrected chi connectivity index (χ1v) is 10.1. The van der Waals surface area contributed by atoms with E-state index in [9.17, 15) is 24.8 Å². The lowest BCUT2D eigenvalue weighted by atomic mass is 9.64. The molecule has 7 nitrogen and oxygen atoms in total. The molecule has 2 aromatic rings. The molecule has 1 aliphatic rings. The number of carbonyl (C=O) groups is 2. The van der Waals surface area contributed by atoms with Crippen LogP contribution >= 0.6 is 0 Å². The van der Waals surface area contributed by atoms with Gasteiger partial charge >= 0.3 is 0 Å². The van der Waals surface area contributed by atoms with Crippen molar-refractivity contribution in [2.24, 2.45) is 5.92 Å². The highest BCUT2D eigenvalue weighted by Crippen LogP contribution is 2.48. The highest BCUT2D eigenvalue weighted by Gasteiger charge is 2.49. The van der Waals surface area contributed by atoms with E-state index in [0.29, 0.717) is 16.8 Å². The SMILES string of the molecule is CC(=O)C1=C(Nc2ccc(C)cc2)C[C@](C)(O)[C@H](C(C)=O)[C@@H]1c1cccc([N+](=O)[O-])c1. The van der Waals surface area contributed by atoms with Crippen molar-refractivity contribution in [3.05, 3.63) is 81.0 Å². The van der Waals surface area contributed by atoms with Crippen LogP contribution in [0.1, 0.15) is 44.2 Å². The van der Waals surface area contributed by atoms with Crippen molar-refractivity contribution >= 4 is 22.9 Å². The van der Waals surface area contributed by atoms with Crippen molar-refractivity contribution < 1.29 is 19.6 Å². The number of hydrogen-bond acceptors (Lipinski definition) is 6. The summed E-state index contributed by atoms with van der Waals surface area (Å²) in [7, 11) is 0. The van der Waals surface area contributed by atoms with E-state index in [2.05, 4.69) is 5.32 Å². The van der Waals surface area contributed by atoms with Crippen LogP contribution < -0.4 is 5.32 Å². The quantitative estimate of drug-likeness (QED) is 0.530. The Bertz CT molecular complexity index is 1070. The van der Waals surface area contributed by atoms with Crippen LogP contribution in [0.2, 0.25) is 0 Å². The molecule has 0 unspecified atom stereocenters. The lowest BCUT2D eigenvalue weighted by Gasteiger charge is -2.43. The summed E-state index contributed by atoms with van der Waals surface area (Å²) < 4.78 is 0. The number of aryl methyl sites for hydroxylation is 1. The molecule has 31 heavy (non-hydrogen) atoms. The maximum Gasteiger partial charge on any atom is 0.269 e. The zero-order valence-electron chi connectivity index (χ0n) is 18.0. The number of nitro benzene ring substituents is 1. The van der Waals surface area contributed by atoms with Gasteiger partial charge in [-0.25, -0.2) is 0 Å². The number of nitrogens with zero attached hydrogens (tertiary/aromatic N) is 1. The van der Waals surface area contributed by atoms with Gasteiger partial charge in [-0.2, -0.15) is 0 Å². The summed E-state index contributed by atoms with van der Waals surface area (Å²) in [6, 6.07) is 13.5. The van der Waals surface area contributed by atoms with Gasteiger partial charge in [0.05, 0.1) is 16.4 Å². The van der Waals surface area contributed by atoms with Crippen molar-refractivity contribution in [1.29, 1.82) is 0 Å². The van der Waals surface area contributed by atoms with Crippen LogP contribution in [-0.4, -0.2) is 27.2 Å². The van der Waals surface area contributed by atoms with Crippen molar-refractivity contribution in [2.45, 2.75) is 45.6 Å². The molecule has 0 fully saturated rings. The van der Waals surface area contributed by atoms with Gasteiger partial charge < -0.3 is 10.4 Å². The maximum absolute atomic E-state index is 12.8. The number of non-ortho nitro benzene ring substituents is 1. The lowest BCUT2D eigenvalue weighted by Crippen LogP contribution is -2.48. The zero-order chi connectivity index (χ0) is 22.9. The van der Waals surface area contributed by atoms with Gasteiger partial charge in [-0.1, -0.05) is 29.8 Å². The first-order chi connectivity index (χ1) is 14.5. The molecule has 0 bridgehead atoms. The normalized spacial score (nSPS) is 23.4. The van der Waals surface area contributed by atoms with E-state index in [4.69, 9.17) is 0 Å². The third-order valence-corrected chi connectivity index (χ3v) is 5.78. The summed E-state index contributed by atoms with van der Waals surface area (Å²) in [5.41, 5.74) is 1.54. The second kappa shape index (κ2) is 8.43. The van der Waals surface area contributed by atoms with Gasteiger partial charge in [-0.05, 0) is 45.4 Å². The molecule has 0 aliphatic heterocycles. The molecule has 162 valence electrons. The fourth-order valence-corrected chi connectivity index (χ4v) is 4.49. The summed E-state index contributed by atoms with van der Waals surface area (Å²) in [6.07, 6.45) is 0.0749. The van der Waals surface area contributed by atoms with Crippen LogP contribution in [-0.2, 0) is 9.59 Å². The third-order valence-electron chi connectivity index (χ3n) is 5.78. The van der Waals surface area contributed by atoms with Crippen LogP contribution in [0.5, 0.6) is 0 Å². The van der Waals surface area contributed by atoms with Crippen molar-refractivity contribution in [2.75, 3.05) is 5.32 Å². The first kappa shape index (κ1) is 22.4. The molecule has 1 aliphatic carbocycles. The predicted molar refractivity (Wildman–Crippen MR) is 118 cm³/mol. The molecule has 3 atom stereocenters. The Balaban J connectivity index is 2.23. The Morgan fingerprint density at radius 1 is 1.16 bits per heavy atom.